The molecule has 3 nitrogen and oxygen atoms in total. The fourth-order valence-electron chi connectivity index (χ4n) is 1.29. The predicted octanol–water partition coefficient (Wildman–Crippen LogP) is 3.47. The van der Waals surface area contributed by atoms with Gasteiger partial charge in [-0.1, -0.05) is 25.4 Å². The van der Waals surface area contributed by atoms with Crippen LogP contribution in [0.5, 0.6) is 0 Å². The third kappa shape index (κ3) is 3.52. The fourth-order valence-corrected chi connectivity index (χ4v) is 2.31. The number of carboxylic acids is 1. The summed E-state index contributed by atoms with van der Waals surface area (Å²) < 4.78 is 0.914. The van der Waals surface area contributed by atoms with Gasteiger partial charge in [0.25, 0.3) is 0 Å². The zero-order valence-corrected chi connectivity index (χ0v) is 11.9. The first-order chi connectivity index (χ1) is 7.41. The summed E-state index contributed by atoms with van der Waals surface area (Å²) in [6, 6.07) is 4.74. The Hall–Kier alpha value is -0.490. The van der Waals surface area contributed by atoms with Gasteiger partial charge in [-0.05, 0) is 46.7 Å². The van der Waals surface area contributed by atoms with Crippen LogP contribution in [0.25, 0.3) is 0 Å². The van der Waals surface area contributed by atoms with Crippen LogP contribution < -0.4 is 5.32 Å². The van der Waals surface area contributed by atoms with Gasteiger partial charge >= 0.3 is 5.97 Å². The molecule has 1 atom stereocenters. The lowest BCUT2D eigenvalue weighted by atomic mass is 10.0. The van der Waals surface area contributed by atoms with Gasteiger partial charge in [-0.3, -0.25) is 0 Å². The topological polar surface area (TPSA) is 49.3 Å². The molecule has 1 aromatic rings. The van der Waals surface area contributed by atoms with Crippen LogP contribution >= 0.6 is 34.2 Å². The van der Waals surface area contributed by atoms with Crippen molar-refractivity contribution in [1.82, 2.24) is 0 Å². The van der Waals surface area contributed by atoms with Crippen molar-refractivity contribution in [3.05, 3.63) is 26.8 Å². The molecule has 0 aliphatic rings. The molecular formula is C11H13ClINO2. The molecule has 0 spiro atoms. The van der Waals surface area contributed by atoms with Gasteiger partial charge in [0.05, 0.1) is 0 Å². The highest BCUT2D eigenvalue weighted by Gasteiger charge is 2.21. The van der Waals surface area contributed by atoms with Crippen LogP contribution in [0.2, 0.25) is 5.02 Å². The summed E-state index contributed by atoms with van der Waals surface area (Å²) in [5.41, 5.74) is 0.797. The number of halogens is 2. The van der Waals surface area contributed by atoms with Crippen molar-refractivity contribution < 1.29 is 9.90 Å². The first-order valence-corrected chi connectivity index (χ1v) is 6.32. The third-order valence-corrected chi connectivity index (χ3v) is 3.30. The zero-order valence-electron chi connectivity index (χ0n) is 9.00. The van der Waals surface area contributed by atoms with E-state index >= 15 is 0 Å². The van der Waals surface area contributed by atoms with Crippen molar-refractivity contribution in [3.8, 4) is 0 Å². The van der Waals surface area contributed by atoms with Gasteiger partial charge in [-0.25, -0.2) is 4.79 Å². The fraction of sp³-hybridized carbons (Fsp3) is 0.364. The largest absolute Gasteiger partial charge is 0.480 e. The summed E-state index contributed by atoms with van der Waals surface area (Å²) in [6.07, 6.45) is 0. The Bertz CT molecular complexity index is 396. The number of nitrogens with one attached hydrogen (secondary N) is 1. The van der Waals surface area contributed by atoms with Crippen LogP contribution in [0, 0.1) is 9.49 Å². The number of carboxylic acid groups (broad SMARTS) is 1. The molecule has 2 N–H and O–H groups in total. The summed E-state index contributed by atoms with van der Waals surface area (Å²) in [6.45, 7) is 3.74. The summed E-state index contributed by atoms with van der Waals surface area (Å²) in [5.74, 6) is -0.829. The van der Waals surface area contributed by atoms with Crippen LogP contribution in [-0.2, 0) is 4.79 Å². The molecule has 0 aromatic heterocycles. The van der Waals surface area contributed by atoms with E-state index in [1.165, 1.54) is 0 Å². The van der Waals surface area contributed by atoms with Gasteiger partial charge in [0, 0.05) is 14.3 Å². The van der Waals surface area contributed by atoms with Crippen molar-refractivity contribution in [2.75, 3.05) is 5.32 Å². The number of hydrogen-bond donors (Lipinski definition) is 2. The van der Waals surface area contributed by atoms with E-state index in [1.54, 1.807) is 18.2 Å². The molecule has 5 heteroatoms. The van der Waals surface area contributed by atoms with E-state index in [2.05, 4.69) is 27.9 Å². The number of aliphatic carboxylic acids is 1. The molecule has 0 bridgehead atoms. The highest BCUT2D eigenvalue weighted by molar-refractivity contribution is 14.1. The number of rotatable bonds is 4. The van der Waals surface area contributed by atoms with E-state index in [4.69, 9.17) is 16.7 Å². The Morgan fingerprint density at radius 1 is 1.50 bits per heavy atom. The molecule has 0 fully saturated rings. The van der Waals surface area contributed by atoms with Gasteiger partial charge in [-0.2, -0.15) is 0 Å². The Balaban J connectivity index is 2.90. The van der Waals surface area contributed by atoms with Crippen molar-refractivity contribution in [2.45, 2.75) is 19.9 Å². The third-order valence-electron chi connectivity index (χ3n) is 2.17. The normalized spacial score (nSPS) is 12.6. The zero-order chi connectivity index (χ0) is 12.3. The summed E-state index contributed by atoms with van der Waals surface area (Å²) >= 11 is 7.96. The number of hydrogen-bond acceptors (Lipinski definition) is 2. The average molecular weight is 354 g/mol. The second-order valence-corrected chi connectivity index (χ2v) is 5.43. The molecular weight excluding hydrogens is 340 g/mol. The SMILES string of the molecule is CC(C)C(Nc1ccc(Cl)cc1I)C(=O)O. The lowest BCUT2D eigenvalue weighted by Crippen LogP contribution is -2.34. The monoisotopic (exact) mass is 353 g/mol. The van der Waals surface area contributed by atoms with Crippen LogP contribution in [0.15, 0.2) is 18.2 Å². The minimum Gasteiger partial charge on any atom is -0.480 e. The Labute approximate surface area is 113 Å². The van der Waals surface area contributed by atoms with Gasteiger partial charge in [0.15, 0.2) is 0 Å². The maximum absolute atomic E-state index is 11.0. The molecule has 88 valence electrons. The highest BCUT2D eigenvalue weighted by atomic mass is 127. The molecule has 16 heavy (non-hydrogen) atoms. The van der Waals surface area contributed by atoms with Gasteiger partial charge in [-0.15, -0.1) is 0 Å². The molecule has 1 aromatic carbocycles. The number of benzene rings is 1. The Morgan fingerprint density at radius 3 is 2.56 bits per heavy atom. The quantitative estimate of drug-likeness (QED) is 0.815. The van der Waals surface area contributed by atoms with Gasteiger partial charge < -0.3 is 10.4 Å². The minimum absolute atomic E-state index is 0.0176. The maximum Gasteiger partial charge on any atom is 0.326 e. The minimum atomic E-state index is -0.847. The van der Waals surface area contributed by atoms with Crippen LogP contribution in [-0.4, -0.2) is 17.1 Å². The summed E-state index contributed by atoms with van der Waals surface area (Å²) in [7, 11) is 0. The summed E-state index contributed by atoms with van der Waals surface area (Å²) in [5, 5.41) is 12.7. The summed E-state index contributed by atoms with van der Waals surface area (Å²) in [4.78, 5) is 11.0. The number of anilines is 1. The van der Waals surface area contributed by atoms with E-state index in [-0.39, 0.29) is 5.92 Å². The molecule has 0 aliphatic carbocycles. The predicted molar refractivity (Wildman–Crippen MR) is 74.1 cm³/mol. The average Bonchev–Trinajstić information content (AvgIpc) is 2.15. The second kappa shape index (κ2) is 5.72. The number of carbonyl (C=O) groups is 1. The van der Waals surface area contributed by atoms with Gasteiger partial charge in [0.2, 0.25) is 0 Å². The van der Waals surface area contributed by atoms with Crippen molar-refractivity contribution >= 4 is 45.8 Å². The maximum atomic E-state index is 11.0. The van der Waals surface area contributed by atoms with Crippen LogP contribution in [0.3, 0.4) is 0 Å². The first kappa shape index (κ1) is 13.6. The molecule has 0 aliphatic heterocycles. The van der Waals surface area contributed by atoms with Gasteiger partial charge in [0.1, 0.15) is 6.04 Å². The van der Waals surface area contributed by atoms with E-state index in [9.17, 15) is 4.79 Å². The standard InChI is InChI=1S/C11H13ClINO2/c1-6(2)10(11(15)16)14-9-4-3-7(12)5-8(9)13/h3-6,10,14H,1-2H3,(H,15,16). The Morgan fingerprint density at radius 2 is 2.12 bits per heavy atom. The van der Waals surface area contributed by atoms with Crippen molar-refractivity contribution in [3.63, 3.8) is 0 Å². The van der Waals surface area contributed by atoms with E-state index in [1.807, 2.05) is 13.8 Å². The molecule has 1 rings (SSSR count). The van der Waals surface area contributed by atoms with Crippen LogP contribution in [0.4, 0.5) is 5.69 Å². The Kier molecular flexibility index (Phi) is 4.86. The molecule has 0 saturated heterocycles. The lowest BCUT2D eigenvalue weighted by Gasteiger charge is -2.20. The molecule has 0 amide bonds. The van der Waals surface area contributed by atoms with Crippen molar-refractivity contribution in [2.24, 2.45) is 5.92 Å². The molecule has 0 radical (unpaired) electrons. The van der Waals surface area contributed by atoms with Crippen LogP contribution in [0.1, 0.15) is 13.8 Å². The lowest BCUT2D eigenvalue weighted by molar-refractivity contribution is -0.138. The highest BCUT2D eigenvalue weighted by Crippen LogP contribution is 2.24. The molecule has 0 heterocycles. The van der Waals surface area contributed by atoms with E-state index < -0.39 is 12.0 Å². The smallest absolute Gasteiger partial charge is 0.326 e. The van der Waals surface area contributed by atoms with E-state index in [0.717, 1.165) is 9.26 Å². The van der Waals surface area contributed by atoms with Crippen molar-refractivity contribution in [1.29, 1.82) is 0 Å². The molecule has 0 saturated carbocycles. The second-order valence-electron chi connectivity index (χ2n) is 3.83. The van der Waals surface area contributed by atoms with E-state index in [0.29, 0.717) is 5.02 Å². The molecule has 1 unspecified atom stereocenters. The first-order valence-electron chi connectivity index (χ1n) is 4.86.